The van der Waals surface area contributed by atoms with E-state index >= 15 is 0 Å². The summed E-state index contributed by atoms with van der Waals surface area (Å²) >= 11 is 12.7. The summed E-state index contributed by atoms with van der Waals surface area (Å²) in [6, 6.07) is 11.7. The van der Waals surface area contributed by atoms with Crippen LogP contribution in [-0.2, 0) is 9.53 Å². The van der Waals surface area contributed by atoms with Gasteiger partial charge in [-0.15, -0.1) is 6.58 Å². The number of carbonyl (C=O) groups excluding carboxylic acids is 1. The fourth-order valence-electron chi connectivity index (χ4n) is 5.64. The van der Waals surface area contributed by atoms with Crippen LogP contribution in [0.5, 0.6) is 0 Å². The van der Waals surface area contributed by atoms with Crippen LogP contribution >= 0.6 is 23.2 Å². The Bertz CT molecular complexity index is 1030. The molecule has 4 atom stereocenters. The van der Waals surface area contributed by atoms with E-state index in [0.29, 0.717) is 22.9 Å². The van der Waals surface area contributed by atoms with Crippen molar-refractivity contribution in [3.8, 4) is 0 Å². The van der Waals surface area contributed by atoms with Crippen molar-refractivity contribution in [1.82, 2.24) is 14.8 Å². The summed E-state index contributed by atoms with van der Waals surface area (Å²) in [5, 5.41) is 1.28. The highest BCUT2D eigenvalue weighted by molar-refractivity contribution is 6.30. The van der Waals surface area contributed by atoms with Gasteiger partial charge in [0.05, 0.1) is 35.4 Å². The summed E-state index contributed by atoms with van der Waals surface area (Å²) in [5.41, 5.74) is 1.41. The van der Waals surface area contributed by atoms with Gasteiger partial charge in [0, 0.05) is 42.8 Å². The molecule has 0 radical (unpaired) electrons. The van der Waals surface area contributed by atoms with E-state index in [0.717, 1.165) is 50.5 Å². The van der Waals surface area contributed by atoms with E-state index in [1.807, 2.05) is 36.4 Å². The lowest BCUT2D eigenvalue weighted by molar-refractivity contribution is -0.155. The predicted octanol–water partition coefficient (Wildman–Crippen LogP) is 6.14. The van der Waals surface area contributed by atoms with Crippen molar-refractivity contribution in [3.05, 3.63) is 76.6 Å². The summed E-state index contributed by atoms with van der Waals surface area (Å²) in [6.45, 7) is 12.2. The Kier molecular flexibility index (Phi) is 8.54. The number of hydrogen-bond acceptors (Lipinski definition) is 4. The Morgan fingerprint density at radius 1 is 1.23 bits per heavy atom. The fourth-order valence-corrected chi connectivity index (χ4v) is 5.95. The Morgan fingerprint density at radius 3 is 2.63 bits per heavy atom. The smallest absolute Gasteiger partial charge is 0.229 e. The second-order valence-corrected chi connectivity index (χ2v) is 10.8. The van der Waals surface area contributed by atoms with Crippen LogP contribution in [0.1, 0.15) is 56.3 Å². The second-order valence-electron chi connectivity index (χ2n) is 9.95. The fraction of sp³-hybridized carbons (Fsp3) is 0.500. The van der Waals surface area contributed by atoms with E-state index in [4.69, 9.17) is 32.9 Å². The van der Waals surface area contributed by atoms with E-state index < -0.39 is 5.41 Å². The van der Waals surface area contributed by atoms with Crippen LogP contribution in [0.2, 0.25) is 10.0 Å². The average Bonchev–Trinajstić information content (AvgIpc) is 2.86. The lowest BCUT2D eigenvalue weighted by Crippen LogP contribution is -2.58. The number of amides is 1. The second kappa shape index (κ2) is 11.4. The van der Waals surface area contributed by atoms with Crippen LogP contribution in [0.4, 0.5) is 0 Å². The zero-order valence-electron chi connectivity index (χ0n) is 20.6. The molecule has 1 amide bonds. The van der Waals surface area contributed by atoms with Gasteiger partial charge in [-0.1, -0.05) is 55.3 Å². The predicted molar refractivity (Wildman–Crippen MR) is 142 cm³/mol. The molecule has 3 heterocycles. The van der Waals surface area contributed by atoms with Crippen molar-refractivity contribution in [3.63, 3.8) is 0 Å². The van der Waals surface area contributed by atoms with E-state index in [1.54, 1.807) is 6.20 Å². The molecule has 188 valence electrons. The van der Waals surface area contributed by atoms with Gasteiger partial charge in [0.15, 0.2) is 0 Å². The number of hydrogen-bond donors (Lipinski definition) is 0. The molecule has 35 heavy (non-hydrogen) atoms. The van der Waals surface area contributed by atoms with Gasteiger partial charge < -0.3 is 9.64 Å². The Balaban J connectivity index is 1.83. The standard InChI is InChI=1S/C28H35Cl2N3O2/c1-4-11-28(3)17-24(20-7-6-8-21(29)16-20)26(25-10-9-22(30)18-31-25)33(27(28)34)23(5-2)19-32-12-14-35-15-13-32/h4,6-10,16,18,23-24,26H,1,5,11-15,17,19H2,2-3H3. The van der Waals surface area contributed by atoms with Crippen LogP contribution in [-0.4, -0.2) is 59.6 Å². The average molecular weight is 517 g/mol. The van der Waals surface area contributed by atoms with Crippen molar-refractivity contribution in [2.45, 2.75) is 51.1 Å². The van der Waals surface area contributed by atoms with Crippen LogP contribution in [0.25, 0.3) is 0 Å². The molecule has 2 aliphatic heterocycles. The molecular formula is C28H35Cl2N3O2. The lowest BCUT2D eigenvalue weighted by atomic mass is 9.67. The summed E-state index contributed by atoms with van der Waals surface area (Å²) in [4.78, 5) is 23.6. The molecule has 2 saturated heterocycles. The van der Waals surface area contributed by atoms with Gasteiger partial charge in [0.1, 0.15) is 0 Å². The lowest BCUT2D eigenvalue weighted by Gasteiger charge is -2.52. The van der Waals surface area contributed by atoms with Crippen molar-refractivity contribution >= 4 is 29.1 Å². The molecule has 0 N–H and O–H groups in total. The number of piperidine rings is 1. The van der Waals surface area contributed by atoms with Gasteiger partial charge in [-0.2, -0.15) is 0 Å². The Morgan fingerprint density at radius 2 is 2.00 bits per heavy atom. The first kappa shape index (κ1) is 26.2. The maximum atomic E-state index is 14.3. The molecule has 1 aromatic heterocycles. The van der Waals surface area contributed by atoms with E-state index in [-0.39, 0.29) is 23.9 Å². The van der Waals surface area contributed by atoms with Gasteiger partial charge in [-0.25, -0.2) is 0 Å². The molecule has 0 spiro atoms. The third-order valence-corrected chi connectivity index (χ3v) is 7.92. The number of ether oxygens (including phenoxy) is 1. The molecule has 5 nitrogen and oxygen atoms in total. The highest BCUT2D eigenvalue weighted by atomic mass is 35.5. The minimum Gasteiger partial charge on any atom is -0.379 e. The largest absolute Gasteiger partial charge is 0.379 e. The summed E-state index contributed by atoms with van der Waals surface area (Å²) in [5.74, 6) is 0.196. The van der Waals surface area contributed by atoms with Crippen molar-refractivity contribution < 1.29 is 9.53 Å². The number of nitrogens with zero attached hydrogens (tertiary/aromatic N) is 3. The zero-order chi connectivity index (χ0) is 25.0. The maximum absolute atomic E-state index is 14.3. The quantitative estimate of drug-likeness (QED) is 0.396. The van der Waals surface area contributed by atoms with Crippen molar-refractivity contribution in [2.24, 2.45) is 5.41 Å². The van der Waals surface area contributed by atoms with Crippen LogP contribution in [0.15, 0.2) is 55.3 Å². The van der Waals surface area contributed by atoms with Crippen LogP contribution in [0.3, 0.4) is 0 Å². The van der Waals surface area contributed by atoms with E-state index in [9.17, 15) is 4.79 Å². The first-order valence-electron chi connectivity index (χ1n) is 12.5. The van der Waals surface area contributed by atoms with Gasteiger partial charge in [-0.05, 0) is 49.1 Å². The van der Waals surface area contributed by atoms with Crippen molar-refractivity contribution in [1.29, 1.82) is 0 Å². The van der Waals surface area contributed by atoms with E-state index in [1.165, 1.54) is 0 Å². The number of pyridine rings is 1. The first-order valence-corrected chi connectivity index (χ1v) is 13.2. The van der Waals surface area contributed by atoms with Gasteiger partial charge >= 0.3 is 0 Å². The number of allylic oxidation sites excluding steroid dienone is 1. The molecular weight excluding hydrogens is 481 g/mol. The number of morpholine rings is 1. The number of aromatic nitrogens is 1. The number of carbonyl (C=O) groups is 1. The summed E-state index contributed by atoms with van der Waals surface area (Å²) < 4.78 is 5.57. The molecule has 2 aliphatic rings. The normalized spacial score (nSPS) is 26.5. The molecule has 4 rings (SSSR count). The topological polar surface area (TPSA) is 45.7 Å². The monoisotopic (exact) mass is 515 g/mol. The number of benzene rings is 1. The molecule has 4 unspecified atom stereocenters. The molecule has 2 aromatic rings. The summed E-state index contributed by atoms with van der Waals surface area (Å²) in [6.07, 6.45) is 5.70. The molecule has 7 heteroatoms. The van der Waals surface area contributed by atoms with Crippen LogP contribution in [0, 0.1) is 5.41 Å². The SMILES string of the molecule is C=CCC1(C)CC(c2cccc(Cl)c2)C(c2ccc(Cl)cn2)N(C(CC)CN2CCOCC2)C1=O. The molecule has 0 aliphatic carbocycles. The molecule has 0 saturated carbocycles. The Labute approximate surface area is 219 Å². The molecule has 1 aromatic carbocycles. The number of likely N-dealkylation sites (tertiary alicyclic amines) is 1. The van der Waals surface area contributed by atoms with Crippen molar-refractivity contribution in [2.75, 3.05) is 32.8 Å². The minimum atomic E-state index is -0.559. The number of rotatable bonds is 8. The maximum Gasteiger partial charge on any atom is 0.229 e. The minimum absolute atomic E-state index is 0.0313. The highest BCUT2D eigenvalue weighted by Gasteiger charge is 2.51. The van der Waals surface area contributed by atoms with Gasteiger partial charge in [0.2, 0.25) is 5.91 Å². The van der Waals surface area contributed by atoms with Crippen LogP contribution < -0.4 is 0 Å². The highest BCUT2D eigenvalue weighted by Crippen LogP contribution is 2.52. The third kappa shape index (κ3) is 5.75. The molecule has 0 bridgehead atoms. The Hall–Kier alpha value is -1.92. The summed E-state index contributed by atoms with van der Waals surface area (Å²) in [7, 11) is 0. The van der Waals surface area contributed by atoms with Gasteiger partial charge in [-0.3, -0.25) is 14.7 Å². The third-order valence-electron chi connectivity index (χ3n) is 7.46. The zero-order valence-corrected chi connectivity index (χ0v) is 22.1. The first-order chi connectivity index (χ1) is 16.9. The van der Waals surface area contributed by atoms with E-state index in [2.05, 4.69) is 36.3 Å². The van der Waals surface area contributed by atoms with Gasteiger partial charge in [0.25, 0.3) is 0 Å². The number of halogens is 2. The molecule has 2 fully saturated rings.